The molecule has 440 valence electrons. The highest BCUT2D eigenvalue weighted by molar-refractivity contribution is 5.74. The number of allylic oxidation sites excluding steroid dienone is 14. The van der Waals surface area contributed by atoms with Crippen LogP contribution >= 0.6 is 0 Å². The van der Waals surface area contributed by atoms with Gasteiger partial charge in [0.05, 0.1) is 6.61 Å². The average Bonchev–Trinajstić information content (AvgIpc) is 3.42. The molecule has 0 aliphatic carbocycles. The van der Waals surface area contributed by atoms with Crippen molar-refractivity contribution < 1.29 is 58.2 Å². The Hall–Kier alpha value is -4.10. The Labute approximate surface area is 467 Å². The Bertz CT molecular complexity index is 1660. The van der Waals surface area contributed by atoms with Crippen LogP contribution in [0.3, 0.4) is 0 Å². The molecule has 12 heteroatoms. The standard InChI is InChI=1S/C65H108O12/c1-4-7-10-13-16-19-22-24-26-28-29-31-32-34-37-39-42-45-48-51-57(66)73-54-56(75-58(67)52-49-46-43-40-36-21-18-15-12-9-6-3)55-74-65-63(61(70)60(69)62(77-65)64(71)72)76-59(68)53-50-47-44-41-38-35-33-30-27-25-23-20-17-14-11-8-5-2/h8,11,16-17,19-20,24-27,33,35,41,44,56,60-63,65,69-70H,4-7,9-10,12-15,18,21-23,28-32,34,36-40,42-43,45-55H2,1-3H3,(H,71,72)/b11-8-,19-16-,20-17-,26-24-,27-25-,35-33-,44-41-. The quantitative estimate of drug-likeness (QED) is 0.0228. The normalized spacial score (nSPS) is 18.6. The van der Waals surface area contributed by atoms with E-state index in [-0.39, 0.29) is 25.9 Å². The van der Waals surface area contributed by atoms with Crippen molar-refractivity contribution in [2.24, 2.45) is 0 Å². The molecule has 3 N–H and O–H groups in total. The zero-order chi connectivity index (χ0) is 56.1. The maximum absolute atomic E-state index is 13.1. The number of ether oxygens (including phenoxy) is 5. The van der Waals surface area contributed by atoms with Crippen LogP contribution in [0.4, 0.5) is 0 Å². The van der Waals surface area contributed by atoms with Gasteiger partial charge in [0, 0.05) is 19.3 Å². The number of carbonyl (C=O) groups excluding carboxylic acids is 3. The molecule has 77 heavy (non-hydrogen) atoms. The van der Waals surface area contributed by atoms with Crippen molar-refractivity contribution in [3.63, 3.8) is 0 Å². The molecule has 1 aliphatic rings. The largest absolute Gasteiger partial charge is 0.479 e. The van der Waals surface area contributed by atoms with Crippen molar-refractivity contribution in [2.45, 2.75) is 289 Å². The predicted octanol–water partition coefficient (Wildman–Crippen LogP) is 15.9. The average molecular weight is 1080 g/mol. The van der Waals surface area contributed by atoms with Crippen LogP contribution in [0.1, 0.15) is 252 Å². The first-order valence-electron chi connectivity index (χ1n) is 30.6. The number of rotatable bonds is 51. The lowest BCUT2D eigenvalue weighted by Crippen LogP contribution is -2.61. The lowest BCUT2D eigenvalue weighted by atomic mass is 9.98. The summed E-state index contributed by atoms with van der Waals surface area (Å²) in [6, 6.07) is 0. The van der Waals surface area contributed by atoms with Crippen LogP contribution in [0, 0.1) is 0 Å². The van der Waals surface area contributed by atoms with Gasteiger partial charge in [-0.25, -0.2) is 4.79 Å². The van der Waals surface area contributed by atoms with Gasteiger partial charge in [-0.2, -0.15) is 0 Å². The number of carboxylic acid groups (broad SMARTS) is 1. The molecular weight excluding hydrogens is 973 g/mol. The van der Waals surface area contributed by atoms with Crippen LogP contribution in [0.2, 0.25) is 0 Å². The van der Waals surface area contributed by atoms with E-state index in [1.165, 1.54) is 103 Å². The third kappa shape index (κ3) is 42.5. The Balaban J connectivity index is 2.68. The molecule has 0 saturated carbocycles. The van der Waals surface area contributed by atoms with E-state index in [1.807, 2.05) is 12.2 Å². The van der Waals surface area contributed by atoms with Gasteiger partial charge in [0.1, 0.15) is 18.8 Å². The summed E-state index contributed by atoms with van der Waals surface area (Å²) in [5.41, 5.74) is 0. The topological polar surface area (TPSA) is 175 Å². The number of aliphatic hydroxyl groups is 2. The first-order valence-corrected chi connectivity index (χ1v) is 30.6. The van der Waals surface area contributed by atoms with E-state index in [9.17, 15) is 34.5 Å². The van der Waals surface area contributed by atoms with Crippen LogP contribution in [0.5, 0.6) is 0 Å². The number of unbranched alkanes of at least 4 members (excludes halogenated alkanes) is 23. The molecule has 1 heterocycles. The van der Waals surface area contributed by atoms with E-state index in [0.29, 0.717) is 25.7 Å². The molecule has 0 amide bonds. The summed E-state index contributed by atoms with van der Waals surface area (Å²) in [5, 5.41) is 31.5. The zero-order valence-corrected chi connectivity index (χ0v) is 48.4. The molecule has 0 radical (unpaired) electrons. The summed E-state index contributed by atoms with van der Waals surface area (Å²) >= 11 is 0. The highest BCUT2D eigenvalue weighted by atomic mass is 16.7. The Morgan fingerprint density at radius 1 is 0.442 bits per heavy atom. The van der Waals surface area contributed by atoms with Crippen molar-refractivity contribution >= 4 is 23.9 Å². The van der Waals surface area contributed by atoms with E-state index in [0.717, 1.165) is 83.5 Å². The minimum Gasteiger partial charge on any atom is -0.479 e. The van der Waals surface area contributed by atoms with Gasteiger partial charge in [-0.1, -0.05) is 228 Å². The van der Waals surface area contributed by atoms with E-state index < -0.39 is 67.3 Å². The molecule has 1 rings (SSSR count). The summed E-state index contributed by atoms with van der Waals surface area (Å²) in [4.78, 5) is 51.1. The molecule has 0 aromatic heterocycles. The van der Waals surface area contributed by atoms with E-state index in [2.05, 4.69) is 93.7 Å². The van der Waals surface area contributed by atoms with Crippen molar-refractivity contribution in [3.05, 3.63) is 85.1 Å². The van der Waals surface area contributed by atoms with Crippen molar-refractivity contribution in [1.82, 2.24) is 0 Å². The highest BCUT2D eigenvalue weighted by Crippen LogP contribution is 2.26. The summed E-state index contributed by atoms with van der Waals surface area (Å²) in [7, 11) is 0. The Morgan fingerprint density at radius 3 is 1.31 bits per heavy atom. The zero-order valence-electron chi connectivity index (χ0n) is 48.4. The number of carboxylic acids is 1. The summed E-state index contributed by atoms with van der Waals surface area (Å²) in [6.45, 7) is 5.82. The lowest BCUT2D eigenvalue weighted by Gasteiger charge is -2.40. The van der Waals surface area contributed by atoms with Gasteiger partial charge >= 0.3 is 23.9 Å². The van der Waals surface area contributed by atoms with Gasteiger partial charge in [-0.05, 0) is 89.9 Å². The smallest absolute Gasteiger partial charge is 0.335 e. The molecule has 12 nitrogen and oxygen atoms in total. The van der Waals surface area contributed by atoms with Gasteiger partial charge in [-0.15, -0.1) is 0 Å². The minimum absolute atomic E-state index is 0.0197. The molecule has 6 atom stereocenters. The molecule has 6 unspecified atom stereocenters. The van der Waals surface area contributed by atoms with Crippen molar-refractivity contribution in [1.29, 1.82) is 0 Å². The Morgan fingerprint density at radius 2 is 0.831 bits per heavy atom. The molecule has 1 saturated heterocycles. The fourth-order valence-electron chi connectivity index (χ4n) is 8.79. The SMILES string of the molecule is CC/C=C\C/C=C\C/C=C\C/C=C\C/C=C\CCCC(=O)OC1C(OCC(COC(=O)CCCCCCCCCCC/C=C\C/C=C\CCCCC)OC(=O)CCCCCCCCCCCCC)OC(C(=O)O)C(O)C1O. The van der Waals surface area contributed by atoms with Crippen LogP contribution in [0.15, 0.2) is 85.1 Å². The molecule has 0 spiro atoms. The summed E-state index contributed by atoms with van der Waals surface area (Å²) < 4.78 is 28.4. The molecule has 0 aromatic rings. The maximum Gasteiger partial charge on any atom is 0.335 e. The third-order valence-electron chi connectivity index (χ3n) is 13.5. The second-order valence-electron chi connectivity index (χ2n) is 20.6. The predicted molar refractivity (Wildman–Crippen MR) is 312 cm³/mol. The third-order valence-corrected chi connectivity index (χ3v) is 13.5. The van der Waals surface area contributed by atoms with Crippen LogP contribution in [-0.4, -0.2) is 89.2 Å². The number of hydrogen-bond acceptors (Lipinski definition) is 11. The molecular formula is C65H108O12. The molecule has 0 aromatic carbocycles. The second kappa shape index (κ2) is 52.6. The first kappa shape index (κ1) is 70.9. The maximum atomic E-state index is 13.1. The van der Waals surface area contributed by atoms with Gasteiger partial charge in [0.2, 0.25) is 0 Å². The number of aliphatic carboxylic acids is 1. The van der Waals surface area contributed by atoms with Crippen LogP contribution in [-0.2, 0) is 42.9 Å². The van der Waals surface area contributed by atoms with E-state index >= 15 is 0 Å². The molecule has 0 bridgehead atoms. The van der Waals surface area contributed by atoms with Gasteiger partial charge in [-0.3, -0.25) is 14.4 Å². The fraction of sp³-hybridized carbons (Fsp3) is 0.723. The van der Waals surface area contributed by atoms with Gasteiger partial charge < -0.3 is 39.0 Å². The highest BCUT2D eigenvalue weighted by Gasteiger charge is 2.50. The molecule has 1 fully saturated rings. The summed E-state index contributed by atoms with van der Waals surface area (Å²) in [5.74, 6) is -3.20. The lowest BCUT2D eigenvalue weighted by molar-refractivity contribution is -0.301. The van der Waals surface area contributed by atoms with E-state index in [4.69, 9.17) is 23.7 Å². The van der Waals surface area contributed by atoms with Crippen molar-refractivity contribution in [2.75, 3.05) is 13.2 Å². The number of hydrogen-bond donors (Lipinski definition) is 3. The molecule has 1 aliphatic heterocycles. The fourth-order valence-corrected chi connectivity index (χ4v) is 8.79. The van der Waals surface area contributed by atoms with Gasteiger partial charge in [0.15, 0.2) is 24.6 Å². The first-order chi connectivity index (χ1) is 37.6. The number of aliphatic hydroxyl groups excluding tert-OH is 2. The van der Waals surface area contributed by atoms with E-state index in [1.54, 1.807) is 0 Å². The minimum atomic E-state index is -1.92. The van der Waals surface area contributed by atoms with Gasteiger partial charge in [0.25, 0.3) is 0 Å². The van der Waals surface area contributed by atoms with Crippen LogP contribution in [0.25, 0.3) is 0 Å². The second-order valence-corrected chi connectivity index (χ2v) is 20.6. The Kier molecular flexibility index (Phi) is 48.4. The summed E-state index contributed by atoms with van der Waals surface area (Å²) in [6.07, 6.45) is 55.6. The number of carbonyl (C=O) groups is 4. The number of esters is 3. The van der Waals surface area contributed by atoms with Crippen LogP contribution < -0.4 is 0 Å². The van der Waals surface area contributed by atoms with Crippen molar-refractivity contribution in [3.8, 4) is 0 Å². The monoisotopic (exact) mass is 1080 g/mol.